The molecule has 0 aliphatic rings. The molecule has 126 valence electrons. The molecule has 1 N–H and O–H groups in total. The zero-order chi connectivity index (χ0) is 17.6. The Morgan fingerprint density at radius 3 is 2.04 bits per heavy atom. The van der Waals surface area contributed by atoms with Gasteiger partial charge in [-0.1, -0.05) is 60.7 Å². The third-order valence-corrected chi connectivity index (χ3v) is 3.77. The molecule has 0 saturated heterocycles. The number of ether oxygens (including phenoxy) is 1. The van der Waals surface area contributed by atoms with Gasteiger partial charge in [0.05, 0.1) is 6.10 Å². The summed E-state index contributed by atoms with van der Waals surface area (Å²) in [5.41, 5.74) is -0.129. The number of carbonyl (C=O) groups excluding carboxylic acids is 1. The van der Waals surface area contributed by atoms with E-state index >= 15 is 0 Å². The van der Waals surface area contributed by atoms with Gasteiger partial charge in [-0.3, -0.25) is 9.59 Å². The van der Waals surface area contributed by atoms with E-state index in [1.165, 1.54) is 0 Å². The summed E-state index contributed by atoms with van der Waals surface area (Å²) in [6.45, 7) is 3.69. The predicted molar refractivity (Wildman–Crippen MR) is 92.0 cm³/mol. The highest BCUT2D eigenvalue weighted by molar-refractivity contribution is 6.03. The number of ketones is 1. The average Bonchev–Trinajstić information content (AvgIpc) is 2.59. The molecule has 0 aliphatic carbocycles. The van der Waals surface area contributed by atoms with E-state index in [1.807, 2.05) is 50.2 Å². The number of hydrogen-bond acceptors (Lipinski definition) is 3. The minimum Gasteiger partial charge on any atom is -0.481 e. The SMILES string of the molecule is CC(C)OC(CCC(=O)O)(C(=O)c1ccccc1)c1ccccc1. The Morgan fingerprint density at radius 1 is 1.00 bits per heavy atom. The zero-order valence-electron chi connectivity index (χ0n) is 13.9. The lowest BCUT2D eigenvalue weighted by atomic mass is 9.81. The van der Waals surface area contributed by atoms with Gasteiger partial charge in [-0.2, -0.15) is 0 Å². The number of benzene rings is 2. The molecule has 24 heavy (non-hydrogen) atoms. The molecule has 4 heteroatoms. The van der Waals surface area contributed by atoms with Crippen molar-refractivity contribution in [2.75, 3.05) is 0 Å². The predicted octanol–water partition coefficient (Wildman–Crippen LogP) is 4.05. The second-order valence-electron chi connectivity index (χ2n) is 5.95. The Bertz CT molecular complexity index is 679. The Kier molecular flexibility index (Phi) is 5.88. The Morgan fingerprint density at radius 2 is 1.54 bits per heavy atom. The van der Waals surface area contributed by atoms with Crippen molar-refractivity contribution in [1.29, 1.82) is 0 Å². The van der Waals surface area contributed by atoms with Crippen molar-refractivity contribution < 1.29 is 19.4 Å². The fraction of sp³-hybridized carbons (Fsp3) is 0.300. The summed E-state index contributed by atoms with van der Waals surface area (Å²) in [5.74, 6) is -1.17. The average molecular weight is 326 g/mol. The number of aliphatic carboxylic acids is 1. The normalized spacial score (nSPS) is 13.5. The van der Waals surface area contributed by atoms with Gasteiger partial charge in [0.1, 0.15) is 0 Å². The molecule has 0 fully saturated rings. The first-order chi connectivity index (χ1) is 11.5. The minimum atomic E-state index is -1.31. The fourth-order valence-electron chi connectivity index (χ4n) is 2.78. The smallest absolute Gasteiger partial charge is 0.303 e. The van der Waals surface area contributed by atoms with Crippen LogP contribution in [0.2, 0.25) is 0 Å². The van der Waals surface area contributed by atoms with E-state index in [0.717, 1.165) is 0 Å². The quantitative estimate of drug-likeness (QED) is 0.743. The fourth-order valence-corrected chi connectivity index (χ4v) is 2.78. The van der Waals surface area contributed by atoms with Crippen LogP contribution < -0.4 is 0 Å². The van der Waals surface area contributed by atoms with Crippen molar-refractivity contribution in [3.05, 3.63) is 71.8 Å². The van der Waals surface area contributed by atoms with Crippen LogP contribution in [0.3, 0.4) is 0 Å². The number of Topliss-reactive ketones (excluding diaryl/α,β-unsaturated/α-hetero) is 1. The van der Waals surface area contributed by atoms with E-state index in [9.17, 15) is 9.59 Å². The van der Waals surface area contributed by atoms with Crippen molar-refractivity contribution in [2.45, 2.75) is 38.4 Å². The van der Waals surface area contributed by atoms with Gasteiger partial charge in [-0.15, -0.1) is 0 Å². The number of hydrogen-bond donors (Lipinski definition) is 1. The van der Waals surface area contributed by atoms with Crippen LogP contribution in [0.15, 0.2) is 60.7 Å². The van der Waals surface area contributed by atoms with Crippen molar-refractivity contribution in [2.24, 2.45) is 0 Å². The van der Waals surface area contributed by atoms with E-state index < -0.39 is 11.6 Å². The van der Waals surface area contributed by atoms with Crippen LogP contribution in [-0.2, 0) is 15.1 Å². The highest BCUT2D eigenvalue weighted by atomic mass is 16.5. The third kappa shape index (κ3) is 4.09. The van der Waals surface area contributed by atoms with Crippen LogP contribution in [-0.4, -0.2) is 23.0 Å². The number of carboxylic acid groups (broad SMARTS) is 1. The van der Waals surface area contributed by atoms with Crippen molar-refractivity contribution in [1.82, 2.24) is 0 Å². The molecule has 1 atom stereocenters. The van der Waals surface area contributed by atoms with E-state index in [-0.39, 0.29) is 24.7 Å². The standard InChI is InChI=1S/C20H22O4/c1-15(2)24-20(14-13-18(21)22,17-11-7-4-8-12-17)19(23)16-9-5-3-6-10-16/h3-12,15H,13-14H2,1-2H3,(H,21,22). The van der Waals surface area contributed by atoms with Gasteiger partial charge < -0.3 is 9.84 Å². The first-order valence-corrected chi connectivity index (χ1v) is 8.00. The summed E-state index contributed by atoms with van der Waals surface area (Å²) < 4.78 is 6.08. The zero-order valence-corrected chi connectivity index (χ0v) is 13.9. The molecule has 2 rings (SSSR count). The van der Waals surface area contributed by atoms with E-state index in [0.29, 0.717) is 11.1 Å². The van der Waals surface area contributed by atoms with Crippen LogP contribution in [0.4, 0.5) is 0 Å². The van der Waals surface area contributed by atoms with Crippen LogP contribution in [0.25, 0.3) is 0 Å². The number of carboxylic acids is 1. The van der Waals surface area contributed by atoms with Crippen LogP contribution in [0.5, 0.6) is 0 Å². The molecule has 0 saturated carbocycles. The number of rotatable bonds is 8. The Labute approximate surface area is 142 Å². The lowest BCUT2D eigenvalue weighted by molar-refractivity contribution is -0.139. The monoisotopic (exact) mass is 326 g/mol. The summed E-state index contributed by atoms with van der Waals surface area (Å²) >= 11 is 0. The molecular formula is C20H22O4. The molecule has 1 unspecified atom stereocenters. The maximum absolute atomic E-state index is 13.3. The molecule has 0 spiro atoms. The lowest BCUT2D eigenvalue weighted by Crippen LogP contribution is -2.41. The largest absolute Gasteiger partial charge is 0.481 e. The van der Waals surface area contributed by atoms with Gasteiger partial charge >= 0.3 is 5.97 Å². The van der Waals surface area contributed by atoms with E-state index in [1.54, 1.807) is 24.3 Å². The summed E-state index contributed by atoms with van der Waals surface area (Å²) in [7, 11) is 0. The summed E-state index contributed by atoms with van der Waals surface area (Å²) in [6, 6.07) is 18.0. The van der Waals surface area contributed by atoms with Crippen molar-refractivity contribution in [3.63, 3.8) is 0 Å². The molecule has 0 radical (unpaired) electrons. The van der Waals surface area contributed by atoms with Crippen LogP contribution in [0.1, 0.15) is 42.6 Å². The molecule has 2 aromatic carbocycles. The first kappa shape index (κ1) is 17.9. The summed E-state index contributed by atoms with van der Waals surface area (Å²) in [6.07, 6.45) is -0.301. The summed E-state index contributed by atoms with van der Waals surface area (Å²) in [4.78, 5) is 24.5. The number of carbonyl (C=O) groups is 2. The molecule has 0 amide bonds. The minimum absolute atomic E-state index is 0.0816. The van der Waals surface area contributed by atoms with Gasteiger partial charge in [0.2, 0.25) is 0 Å². The van der Waals surface area contributed by atoms with Gasteiger partial charge in [0, 0.05) is 12.0 Å². The molecular weight excluding hydrogens is 304 g/mol. The maximum Gasteiger partial charge on any atom is 0.303 e. The van der Waals surface area contributed by atoms with E-state index in [2.05, 4.69) is 0 Å². The highest BCUT2D eigenvalue weighted by Gasteiger charge is 2.42. The third-order valence-electron chi connectivity index (χ3n) is 3.77. The maximum atomic E-state index is 13.3. The Hall–Kier alpha value is -2.46. The Balaban J connectivity index is 2.55. The lowest BCUT2D eigenvalue weighted by Gasteiger charge is -2.34. The van der Waals surface area contributed by atoms with Crippen LogP contribution in [0, 0.1) is 0 Å². The topological polar surface area (TPSA) is 63.6 Å². The molecule has 0 bridgehead atoms. The highest BCUT2D eigenvalue weighted by Crippen LogP contribution is 2.36. The van der Waals surface area contributed by atoms with Crippen molar-refractivity contribution in [3.8, 4) is 0 Å². The van der Waals surface area contributed by atoms with Gasteiger partial charge in [0.15, 0.2) is 11.4 Å². The van der Waals surface area contributed by atoms with Gasteiger partial charge in [-0.05, 0) is 25.8 Å². The van der Waals surface area contributed by atoms with Crippen molar-refractivity contribution >= 4 is 11.8 Å². The van der Waals surface area contributed by atoms with Gasteiger partial charge in [0.25, 0.3) is 0 Å². The molecule has 0 aliphatic heterocycles. The summed E-state index contributed by atoms with van der Waals surface area (Å²) in [5, 5.41) is 9.14. The van der Waals surface area contributed by atoms with Gasteiger partial charge in [-0.25, -0.2) is 0 Å². The molecule has 4 nitrogen and oxygen atoms in total. The van der Waals surface area contributed by atoms with E-state index in [4.69, 9.17) is 9.84 Å². The van der Waals surface area contributed by atoms with Crippen LogP contribution >= 0.6 is 0 Å². The second-order valence-corrected chi connectivity index (χ2v) is 5.95. The molecule has 0 heterocycles. The second kappa shape index (κ2) is 7.88. The molecule has 2 aromatic rings. The molecule has 0 aromatic heterocycles. The first-order valence-electron chi connectivity index (χ1n) is 8.00.